The summed E-state index contributed by atoms with van der Waals surface area (Å²) in [6.45, 7) is 1.91. The fourth-order valence-corrected chi connectivity index (χ4v) is 1.29. The first-order valence-corrected chi connectivity index (χ1v) is 5.27. The predicted molar refractivity (Wildman–Crippen MR) is 65.4 cm³/mol. The standard InChI is InChI=1S/C13H13FN2O2/c1-9(13(17)18-2)5-6-16-12-4-3-10(8-15)7-11(12)14/h3-5,7,16H,6H2,1-2H3/b9-5+. The van der Waals surface area contributed by atoms with Crippen molar-refractivity contribution in [3.63, 3.8) is 0 Å². The minimum atomic E-state index is -0.502. The maximum absolute atomic E-state index is 13.5. The lowest BCUT2D eigenvalue weighted by Crippen LogP contribution is -2.06. The Morgan fingerprint density at radius 2 is 2.33 bits per heavy atom. The second kappa shape index (κ2) is 6.40. The molecule has 0 aliphatic carbocycles. The molecule has 0 amide bonds. The van der Waals surface area contributed by atoms with Crippen molar-refractivity contribution >= 4 is 11.7 Å². The quantitative estimate of drug-likeness (QED) is 0.655. The first-order valence-electron chi connectivity index (χ1n) is 5.27. The Morgan fingerprint density at radius 1 is 1.61 bits per heavy atom. The zero-order valence-corrected chi connectivity index (χ0v) is 10.2. The lowest BCUT2D eigenvalue weighted by molar-refractivity contribution is -0.136. The number of hydrogen-bond donors (Lipinski definition) is 1. The van der Waals surface area contributed by atoms with Crippen molar-refractivity contribution in [2.45, 2.75) is 6.92 Å². The van der Waals surface area contributed by atoms with E-state index in [9.17, 15) is 9.18 Å². The van der Waals surface area contributed by atoms with Crippen LogP contribution in [0.25, 0.3) is 0 Å². The largest absolute Gasteiger partial charge is 0.466 e. The van der Waals surface area contributed by atoms with Gasteiger partial charge in [-0.2, -0.15) is 5.26 Å². The van der Waals surface area contributed by atoms with Gasteiger partial charge in [-0.25, -0.2) is 9.18 Å². The van der Waals surface area contributed by atoms with Crippen LogP contribution in [0.4, 0.5) is 10.1 Å². The monoisotopic (exact) mass is 248 g/mol. The number of carbonyl (C=O) groups excluding carboxylic acids is 1. The highest BCUT2D eigenvalue weighted by Crippen LogP contribution is 2.15. The topological polar surface area (TPSA) is 62.1 Å². The molecule has 0 fully saturated rings. The summed E-state index contributed by atoms with van der Waals surface area (Å²) in [5.74, 6) is -0.921. The number of benzene rings is 1. The zero-order chi connectivity index (χ0) is 13.5. The van der Waals surface area contributed by atoms with Crippen LogP contribution in [0.15, 0.2) is 29.8 Å². The number of nitrogens with zero attached hydrogens (tertiary/aromatic N) is 1. The average molecular weight is 248 g/mol. The van der Waals surface area contributed by atoms with Crippen LogP contribution in [0.1, 0.15) is 12.5 Å². The van der Waals surface area contributed by atoms with Crippen LogP contribution in [-0.2, 0) is 9.53 Å². The highest BCUT2D eigenvalue weighted by Gasteiger charge is 2.04. The number of carbonyl (C=O) groups is 1. The number of anilines is 1. The van der Waals surface area contributed by atoms with Gasteiger partial charge in [-0.1, -0.05) is 6.08 Å². The second-order valence-electron chi connectivity index (χ2n) is 3.57. The third-order valence-corrected chi connectivity index (χ3v) is 2.31. The summed E-state index contributed by atoms with van der Waals surface area (Å²) in [5.41, 5.74) is 0.987. The van der Waals surface area contributed by atoms with E-state index in [1.807, 2.05) is 6.07 Å². The molecule has 0 aliphatic rings. The van der Waals surface area contributed by atoms with E-state index in [4.69, 9.17) is 5.26 Å². The number of methoxy groups -OCH3 is 1. The van der Waals surface area contributed by atoms with Crippen LogP contribution in [0.5, 0.6) is 0 Å². The molecule has 18 heavy (non-hydrogen) atoms. The van der Waals surface area contributed by atoms with Crippen LogP contribution < -0.4 is 5.32 Å². The smallest absolute Gasteiger partial charge is 0.333 e. The maximum Gasteiger partial charge on any atom is 0.333 e. The molecule has 0 aliphatic heterocycles. The molecule has 1 N–H and O–H groups in total. The van der Waals surface area contributed by atoms with Crippen molar-refractivity contribution in [2.24, 2.45) is 0 Å². The molecule has 0 unspecified atom stereocenters. The first kappa shape index (κ1) is 13.7. The molecule has 0 spiro atoms. The van der Waals surface area contributed by atoms with E-state index >= 15 is 0 Å². The molecule has 0 aromatic heterocycles. The Kier molecular flexibility index (Phi) is 4.88. The summed E-state index contributed by atoms with van der Waals surface area (Å²) >= 11 is 0. The molecule has 0 heterocycles. The van der Waals surface area contributed by atoms with Crippen molar-refractivity contribution in [2.75, 3.05) is 19.0 Å². The average Bonchev–Trinajstić information content (AvgIpc) is 2.39. The molecule has 0 bridgehead atoms. The van der Waals surface area contributed by atoms with Crippen LogP contribution in [0, 0.1) is 17.1 Å². The Hall–Kier alpha value is -2.35. The van der Waals surface area contributed by atoms with Crippen molar-refractivity contribution < 1.29 is 13.9 Å². The van der Waals surface area contributed by atoms with Crippen LogP contribution in [-0.4, -0.2) is 19.6 Å². The van der Waals surface area contributed by atoms with E-state index < -0.39 is 11.8 Å². The first-order chi connectivity index (χ1) is 8.58. The summed E-state index contributed by atoms with van der Waals surface area (Å²) in [5, 5.41) is 11.4. The van der Waals surface area contributed by atoms with Gasteiger partial charge in [0.05, 0.1) is 24.4 Å². The number of nitriles is 1. The zero-order valence-electron chi connectivity index (χ0n) is 10.2. The van der Waals surface area contributed by atoms with Crippen LogP contribution in [0.2, 0.25) is 0 Å². The van der Waals surface area contributed by atoms with Gasteiger partial charge in [-0.3, -0.25) is 0 Å². The van der Waals surface area contributed by atoms with Crippen LogP contribution >= 0.6 is 0 Å². The summed E-state index contributed by atoms with van der Waals surface area (Å²) in [7, 11) is 1.30. The van der Waals surface area contributed by atoms with Gasteiger partial charge in [0.25, 0.3) is 0 Å². The minimum Gasteiger partial charge on any atom is -0.466 e. The SMILES string of the molecule is COC(=O)/C(C)=C/CNc1ccc(C#N)cc1F. The summed E-state index contributed by atoms with van der Waals surface area (Å²) in [6, 6.07) is 6.00. The fraction of sp³-hybridized carbons (Fsp3) is 0.231. The van der Waals surface area contributed by atoms with Gasteiger partial charge < -0.3 is 10.1 Å². The highest BCUT2D eigenvalue weighted by molar-refractivity contribution is 5.87. The Balaban J connectivity index is 2.65. The molecular formula is C13H13FN2O2. The van der Waals surface area contributed by atoms with Crippen molar-refractivity contribution in [3.8, 4) is 6.07 Å². The van der Waals surface area contributed by atoms with E-state index in [1.54, 1.807) is 13.0 Å². The van der Waals surface area contributed by atoms with Crippen LogP contribution in [0.3, 0.4) is 0 Å². The molecule has 0 saturated carbocycles. The number of nitrogens with one attached hydrogen (secondary N) is 1. The number of halogens is 1. The summed E-state index contributed by atoms with van der Waals surface area (Å²) in [4.78, 5) is 11.1. The van der Waals surface area contributed by atoms with E-state index in [1.165, 1.54) is 19.2 Å². The van der Waals surface area contributed by atoms with Gasteiger partial charge >= 0.3 is 5.97 Å². The number of esters is 1. The Bertz CT molecular complexity index is 518. The lowest BCUT2D eigenvalue weighted by atomic mass is 10.2. The fourth-order valence-electron chi connectivity index (χ4n) is 1.29. The van der Waals surface area contributed by atoms with Gasteiger partial charge in [0, 0.05) is 12.1 Å². The van der Waals surface area contributed by atoms with Gasteiger partial charge in [-0.05, 0) is 25.1 Å². The van der Waals surface area contributed by atoms with Crippen molar-refractivity contribution in [3.05, 3.63) is 41.2 Å². The lowest BCUT2D eigenvalue weighted by Gasteiger charge is -2.05. The van der Waals surface area contributed by atoms with E-state index in [-0.39, 0.29) is 11.3 Å². The third kappa shape index (κ3) is 3.59. The molecule has 94 valence electrons. The molecule has 1 rings (SSSR count). The van der Waals surface area contributed by atoms with E-state index in [0.717, 1.165) is 6.07 Å². The molecular weight excluding hydrogens is 235 g/mol. The molecule has 1 aromatic carbocycles. The van der Waals surface area contributed by atoms with Gasteiger partial charge in [0.1, 0.15) is 5.82 Å². The second-order valence-corrected chi connectivity index (χ2v) is 3.57. The molecule has 0 saturated heterocycles. The molecule has 5 heteroatoms. The van der Waals surface area contributed by atoms with Crippen molar-refractivity contribution in [1.82, 2.24) is 0 Å². The van der Waals surface area contributed by atoms with Crippen molar-refractivity contribution in [1.29, 1.82) is 5.26 Å². The predicted octanol–water partition coefficient (Wildman–Crippen LogP) is 2.23. The molecule has 1 aromatic rings. The van der Waals surface area contributed by atoms with E-state index in [2.05, 4.69) is 10.1 Å². The van der Waals surface area contributed by atoms with Gasteiger partial charge in [-0.15, -0.1) is 0 Å². The highest BCUT2D eigenvalue weighted by atomic mass is 19.1. The molecule has 4 nitrogen and oxygen atoms in total. The summed E-state index contributed by atoms with van der Waals surface area (Å²) in [6.07, 6.45) is 1.60. The summed E-state index contributed by atoms with van der Waals surface area (Å²) < 4.78 is 18.0. The maximum atomic E-state index is 13.5. The number of hydrogen-bond acceptors (Lipinski definition) is 4. The van der Waals surface area contributed by atoms with E-state index in [0.29, 0.717) is 12.1 Å². The molecule has 0 radical (unpaired) electrons. The third-order valence-electron chi connectivity index (χ3n) is 2.31. The number of ether oxygens (including phenoxy) is 1. The Labute approximate surface area is 105 Å². The van der Waals surface area contributed by atoms with Gasteiger partial charge in [0.2, 0.25) is 0 Å². The molecule has 0 atom stereocenters. The minimum absolute atomic E-state index is 0.263. The number of rotatable bonds is 4. The Morgan fingerprint density at radius 3 is 2.89 bits per heavy atom. The normalized spacial score (nSPS) is 10.7. The van der Waals surface area contributed by atoms with Gasteiger partial charge in [0.15, 0.2) is 0 Å².